The zero-order valence-corrected chi connectivity index (χ0v) is 25.9. The van der Waals surface area contributed by atoms with Crippen LogP contribution in [0.25, 0.3) is 11.0 Å². The fraction of sp³-hybridized carbons (Fsp3) is 0.676. The Hall–Kier alpha value is -2.98. The third-order valence-electron chi connectivity index (χ3n) is 10.1. The van der Waals surface area contributed by atoms with E-state index in [1.165, 1.54) is 19.3 Å². The van der Waals surface area contributed by atoms with E-state index >= 15 is 0 Å². The Morgan fingerprint density at radius 3 is 2.55 bits per heavy atom. The Bertz CT molecular complexity index is 1270. The Balaban J connectivity index is 1.28. The van der Waals surface area contributed by atoms with Crippen LogP contribution >= 0.6 is 0 Å². The number of nitrogens with one attached hydrogen (secondary N) is 1. The number of ether oxygens (including phenoxy) is 2. The van der Waals surface area contributed by atoms with Gasteiger partial charge in [0.15, 0.2) is 0 Å². The van der Waals surface area contributed by atoms with Crippen LogP contribution in [0.3, 0.4) is 0 Å². The summed E-state index contributed by atoms with van der Waals surface area (Å²) in [6.07, 6.45) is 10.7. The van der Waals surface area contributed by atoms with E-state index in [0.717, 1.165) is 44.9 Å². The molecule has 0 unspecified atom stereocenters. The van der Waals surface area contributed by atoms with E-state index in [2.05, 4.69) is 5.32 Å². The number of hydrogen-bond acceptors (Lipinski definition) is 7. The van der Waals surface area contributed by atoms with Crippen LogP contribution in [0.5, 0.6) is 0 Å². The van der Waals surface area contributed by atoms with Crippen molar-refractivity contribution in [1.82, 2.24) is 4.90 Å². The minimum Gasteiger partial charge on any atom is -0.460 e. The van der Waals surface area contributed by atoms with Gasteiger partial charge in [-0.15, -0.1) is 0 Å². The standard InChI is InChI=1S/C34H48FN3O6/c1-42-18-5-19-43-34(41)30-21-25-20-26(12-13-29(25)44-30)37-32(39)31-27(22-6-3-2-4-7-22)15-17-38(31)33(40)24-10-8-23(9-11-24)28(36)14-16-35/h12-13,20-24,27-28,31H,2-11,14-19,36H2,1H3,(H,37,39)/t23?,24?,27-,28+,31-/m0/s1. The smallest absolute Gasteiger partial charge is 0.374 e. The molecule has 2 heterocycles. The van der Waals surface area contributed by atoms with Gasteiger partial charge in [0.25, 0.3) is 0 Å². The lowest BCUT2D eigenvalue weighted by molar-refractivity contribution is -0.142. The zero-order chi connectivity index (χ0) is 31.1. The highest BCUT2D eigenvalue weighted by Crippen LogP contribution is 2.41. The molecule has 0 spiro atoms. The Morgan fingerprint density at radius 1 is 1.05 bits per heavy atom. The normalized spacial score (nSPS) is 25.2. The quantitative estimate of drug-likeness (QED) is 0.227. The number of carbonyl (C=O) groups excluding carboxylic acids is 3. The minimum atomic E-state index is -0.545. The van der Waals surface area contributed by atoms with Crippen LogP contribution in [-0.4, -0.2) is 68.3 Å². The average molecular weight is 614 g/mol. The van der Waals surface area contributed by atoms with Crippen molar-refractivity contribution in [2.24, 2.45) is 29.4 Å². The number of anilines is 1. The zero-order valence-electron chi connectivity index (χ0n) is 25.9. The predicted molar refractivity (Wildman–Crippen MR) is 166 cm³/mol. The van der Waals surface area contributed by atoms with Gasteiger partial charge < -0.3 is 29.8 Å². The number of furan rings is 1. The van der Waals surface area contributed by atoms with Crippen molar-refractivity contribution >= 4 is 34.4 Å². The summed E-state index contributed by atoms with van der Waals surface area (Å²) in [7, 11) is 1.59. The van der Waals surface area contributed by atoms with Crippen LogP contribution in [-0.2, 0) is 19.1 Å². The molecule has 3 N–H and O–H groups in total. The lowest BCUT2D eigenvalue weighted by Crippen LogP contribution is -2.50. The number of methoxy groups -OCH3 is 1. The molecule has 1 aromatic heterocycles. The highest BCUT2D eigenvalue weighted by molar-refractivity contribution is 6.00. The molecule has 2 aliphatic carbocycles. The van der Waals surface area contributed by atoms with Gasteiger partial charge in [0, 0.05) is 49.7 Å². The van der Waals surface area contributed by atoms with Gasteiger partial charge in [0.2, 0.25) is 17.6 Å². The van der Waals surface area contributed by atoms with Crippen molar-refractivity contribution in [2.75, 3.05) is 38.9 Å². The van der Waals surface area contributed by atoms with E-state index in [4.69, 9.17) is 19.6 Å². The molecule has 10 heteroatoms. The predicted octanol–water partition coefficient (Wildman–Crippen LogP) is 5.86. The lowest BCUT2D eigenvalue weighted by Gasteiger charge is -2.37. The molecule has 9 nitrogen and oxygen atoms in total. The molecule has 3 aliphatic rings. The van der Waals surface area contributed by atoms with Crippen LogP contribution in [0, 0.1) is 23.7 Å². The minimum absolute atomic E-state index is 0.0694. The largest absolute Gasteiger partial charge is 0.460 e. The summed E-state index contributed by atoms with van der Waals surface area (Å²) in [6, 6.07) is 6.22. The maximum absolute atomic E-state index is 14.0. The van der Waals surface area contributed by atoms with E-state index in [1.54, 1.807) is 31.4 Å². The molecular weight excluding hydrogens is 565 g/mol. The van der Waals surface area contributed by atoms with Crippen molar-refractivity contribution in [3.8, 4) is 0 Å². The number of alkyl halides is 1. The monoisotopic (exact) mass is 613 g/mol. The number of hydrogen-bond donors (Lipinski definition) is 2. The molecule has 1 saturated heterocycles. The number of esters is 1. The van der Waals surface area contributed by atoms with Gasteiger partial charge in [-0.05, 0) is 80.5 Å². The van der Waals surface area contributed by atoms with E-state index in [1.807, 2.05) is 4.90 Å². The van der Waals surface area contributed by atoms with Gasteiger partial charge >= 0.3 is 5.97 Å². The Morgan fingerprint density at radius 2 is 1.82 bits per heavy atom. The van der Waals surface area contributed by atoms with E-state index < -0.39 is 18.7 Å². The molecule has 0 radical (unpaired) electrons. The second kappa shape index (κ2) is 15.3. The van der Waals surface area contributed by atoms with Crippen LogP contribution in [0.2, 0.25) is 0 Å². The van der Waals surface area contributed by atoms with Crippen molar-refractivity contribution in [3.05, 3.63) is 30.0 Å². The first-order chi connectivity index (χ1) is 21.4. The summed E-state index contributed by atoms with van der Waals surface area (Å²) < 4.78 is 28.8. The van der Waals surface area contributed by atoms with Gasteiger partial charge in [-0.1, -0.05) is 32.1 Å². The van der Waals surface area contributed by atoms with Crippen LogP contribution < -0.4 is 11.1 Å². The fourth-order valence-corrected chi connectivity index (χ4v) is 7.72. The van der Waals surface area contributed by atoms with Gasteiger partial charge in [-0.25, -0.2) is 4.79 Å². The van der Waals surface area contributed by atoms with Gasteiger partial charge in [-0.2, -0.15) is 0 Å². The summed E-state index contributed by atoms with van der Waals surface area (Å²) in [5.74, 6) is 0.150. The van der Waals surface area contributed by atoms with Crippen LogP contribution in [0.1, 0.15) is 87.6 Å². The molecule has 2 amide bonds. The summed E-state index contributed by atoms with van der Waals surface area (Å²) in [5, 5.41) is 3.78. The third kappa shape index (κ3) is 7.62. The summed E-state index contributed by atoms with van der Waals surface area (Å²) >= 11 is 0. The van der Waals surface area contributed by atoms with Crippen molar-refractivity contribution < 1.29 is 32.7 Å². The van der Waals surface area contributed by atoms with E-state index in [-0.39, 0.29) is 48.0 Å². The molecule has 3 fully saturated rings. The first kappa shape index (κ1) is 32.4. The number of nitrogens with two attached hydrogens (primary N) is 1. The Labute approximate surface area is 259 Å². The number of likely N-dealkylation sites (tertiary alicyclic amines) is 1. The summed E-state index contributed by atoms with van der Waals surface area (Å²) in [4.78, 5) is 42.3. The SMILES string of the molecule is COCCCOC(=O)c1cc2cc(NC(=O)[C@@H]3[C@H](C4CCCCC4)CCN3C(=O)C3CCC([C@H](N)CCF)CC3)ccc2o1. The molecule has 2 saturated carbocycles. The van der Waals surface area contributed by atoms with Crippen LogP contribution in [0.4, 0.5) is 10.1 Å². The number of nitrogens with zero attached hydrogens (tertiary/aromatic N) is 1. The fourth-order valence-electron chi connectivity index (χ4n) is 7.72. The number of rotatable bonds is 12. The van der Waals surface area contributed by atoms with Crippen LogP contribution in [0.15, 0.2) is 28.7 Å². The van der Waals surface area contributed by atoms with Gasteiger partial charge in [-0.3, -0.25) is 14.0 Å². The highest BCUT2D eigenvalue weighted by Gasteiger charge is 2.47. The number of amides is 2. The highest BCUT2D eigenvalue weighted by atomic mass is 19.1. The summed E-state index contributed by atoms with van der Waals surface area (Å²) in [6.45, 7) is 0.914. The molecule has 1 aliphatic heterocycles. The second-order valence-electron chi connectivity index (χ2n) is 12.9. The van der Waals surface area contributed by atoms with Crippen molar-refractivity contribution in [2.45, 2.75) is 89.1 Å². The number of halogens is 1. The maximum atomic E-state index is 14.0. The topological polar surface area (TPSA) is 124 Å². The third-order valence-corrected chi connectivity index (χ3v) is 10.1. The molecule has 44 heavy (non-hydrogen) atoms. The molecule has 2 aromatic rings. The molecule has 0 bridgehead atoms. The van der Waals surface area contributed by atoms with Crippen molar-refractivity contribution in [3.63, 3.8) is 0 Å². The summed E-state index contributed by atoms with van der Waals surface area (Å²) in [5.41, 5.74) is 7.31. The molecular formula is C34H48FN3O6. The Kier molecular flexibility index (Phi) is 11.3. The average Bonchev–Trinajstić information content (AvgIpc) is 3.68. The first-order valence-electron chi connectivity index (χ1n) is 16.5. The second-order valence-corrected chi connectivity index (χ2v) is 12.9. The number of benzene rings is 1. The number of carbonyl (C=O) groups is 3. The molecule has 3 atom stereocenters. The molecule has 1 aromatic carbocycles. The van der Waals surface area contributed by atoms with Gasteiger partial charge in [0.1, 0.15) is 11.6 Å². The number of fused-ring (bicyclic) bond motifs is 1. The first-order valence-corrected chi connectivity index (χ1v) is 16.5. The van der Waals surface area contributed by atoms with E-state index in [9.17, 15) is 18.8 Å². The van der Waals surface area contributed by atoms with E-state index in [0.29, 0.717) is 48.6 Å². The van der Waals surface area contributed by atoms with Gasteiger partial charge in [0.05, 0.1) is 13.3 Å². The lowest BCUT2D eigenvalue weighted by atomic mass is 9.76. The maximum Gasteiger partial charge on any atom is 0.374 e. The molecule has 5 rings (SSSR count). The van der Waals surface area contributed by atoms with Crippen molar-refractivity contribution in [1.29, 1.82) is 0 Å². The molecule has 242 valence electrons.